The molecule has 132 valence electrons. The first-order chi connectivity index (χ1) is 12.1. The molecule has 6 heteroatoms. The molecule has 25 heavy (non-hydrogen) atoms. The Balaban J connectivity index is 1.56. The molecule has 0 bridgehead atoms. The van der Waals surface area contributed by atoms with Gasteiger partial charge in [-0.1, -0.05) is 12.7 Å². The van der Waals surface area contributed by atoms with Crippen LogP contribution >= 0.6 is 0 Å². The lowest BCUT2D eigenvalue weighted by atomic mass is 9.90. The topological polar surface area (TPSA) is 69.9 Å². The van der Waals surface area contributed by atoms with E-state index in [1.807, 2.05) is 6.92 Å². The summed E-state index contributed by atoms with van der Waals surface area (Å²) in [5.41, 5.74) is -0.0912. The fourth-order valence-electron chi connectivity index (χ4n) is 2.40. The predicted octanol–water partition coefficient (Wildman–Crippen LogP) is 3.53. The molecule has 0 atom stereocenters. The molecule has 2 heterocycles. The van der Waals surface area contributed by atoms with E-state index in [9.17, 15) is 4.79 Å². The van der Waals surface area contributed by atoms with Gasteiger partial charge >= 0.3 is 0 Å². The van der Waals surface area contributed by atoms with Crippen LogP contribution in [0.3, 0.4) is 0 Å². The number of ether oxygens (including phenoxy) is 3. The summed E-state index contributed by atoms with van der Waals surface area (Å²) < 4.78 is 22.0. The number of amides is 1. The molecule has 6 nitrogen and oxygen atoms in total. The zero-order chi connectivity index (χ0) is 17.7. The number of furan rings is 1. The van der Waals surface area contributed by atoms with Crippen LogP contribution in [0.4, 0.5) is 5.69 Å². The lowest BCUT2D eigenvalue weighted by Gasteiger charge is -2.35. The van der Waals surface area contributed by atoms with Crippen molar-refractivity contribution in [2.24, 2.45) is 5.41 Å². The molecule has 1 saturated heterocycles. The number of rotatable bonds is 6. The average molecular weight is 343 g/mol. The summed E-state index contributed by atoms with van der Waals surface area (Å²) in [5, 5.41) is 2.89. The monoisotopic (exact) mass is 343 g/mol. The molecule has 1 aromatic carbocycles. The minimum Gasteiger partial charge on any atom is -0.490 e. The van der Waals surface area contributed by atoms with Crippen LogP contribution in [0.25, 0.3) is 0 Å². The summed E-state index contributed by atoms with van der Waals surface area (Å²) in [6, 6.07) is 10.7. The van der Waals surface area contributed by atoms with Crippen molar-refractivity contribution in [3.05, 3.63) is 61.1 Å². The van der Waals surface area contributed by atoms with Crippen molar-refractivity contribution in [3.8, 4) is 5.75 Å². The summed E-state index contributed by atoms with van der Waals surface area (Å²) in [7, 11) is 0. The van der Waals surface area contributed by atoms with Gasteiger partial charge in [0.2, 0.25) is 12.2 Å². The van der Waals surface area contributed by atoms with Gasteiger partial charge in [-0.3, -0.25) is 4.79 Å². The van der Waals surface area contributed by atoms with Gasteiger partial charge in [0.05, 0.1) is 24.9 Å². The smallest absolute Gasteiger partial charge is 0.234 e. The third-order valence-electron chi connectivity index (χ3n) is 3.91. The molecule has 3 rings (SSSR count). The van der Waals surface area contributed by atoms with Gasteiger partial charge in [0.25, 0.3) is 0 Å². The van der Waals surface area contributed by atoms with Crippen LogP contribution in [-0.2, 0) is 14.3 Å². The fraction of sp³-hybridized carbons (Fsp3) is 0.316. The number of nitrogens with one attached hydrogen (secondary N) is 1. The van der Waals surface area contributed by atoms with Crippen molar-refractivity contribution in [3.63, 3.8) is 0 Å². The van der Waals surface area contributed by atoms with Crippen molar-refractivity contribution < 1.29 is 23.4 Å². The lowest BCUT2D eigenvalue weighted by molar-refractivity contribution is -0.232. The van der Waals surface area contributed by atoms with E-state index < -0.39 is 11.7 Å². The molecule has 0 aliphatic carbocycles. The Hall–Kier alpha value is -2.57. The molecule has 1 aromatic heterocycles. The second-order valence-electron chi connectivity index (χ2n) is 6.11. The van der Waals surface area contributed by atoms with Crippen molar-refractivity contribution in [2.45, 2.75) is 13.2 Å². The minimum absolute atomic E-state index is 0.162. The van der Waals surface area contributed by atoms with Crippen LogP contribution < -0.4 is 10.1 Å². The van der Waals surface area contributed by atoms with Gasteiger partial charge in [-0.15, -0.1) is 0 Å². The standard InChI is InChI=1S/C19H21NO5/c1-3-10-22-15-8-6-14(7-9-15)20-18(21)19(2)12-24-17(25-13-19)16-5-4-11-23-16/h3-9,11,17H,1,10,12-13H2,2H3,(H,20,21). The van der Waals surface area contributed by atoms with E-state index in [-0.39, 0.29) is 19.1 Å². The normalized spacial score (nSPS) is 23.0. The average Bonchev–Trinajstić information content (AvgIpc) is 3.16. The molecule has 0 unspecified atom stereocenters. The van der Waals surface area contributed by atoms with Crippen LogP contribution in [0, 0.1) is 5.41 Å². The Labute approximate surface area is 146 Å². The van der Waals surface area contributed by atoms with Gasteiger partial charge in [-0.05, 0) is 43.3 Å². The van der Waals surface area contributed by atoms with Crippen LogP contribution in [0.15, 0.2) is 59.7 Å². The highest BCUT2D eigenvalue weighted by atomic mass is 16.7. The Kier molecular flexibility index (Phi) is 5.21. The maximum absolute atomic E-state index is 12.6. The second-order valence-corrected chi connectivity index (χ2v) is 6.11. The van der Waals surface area contributed by atoms with E-state index in [2.05, 4.69) is 11.9 Å². The maximum atomic E-state index is 12.6. The lowest BCUT2D eigenvalue weighted by Crippen LogP contribution is -2.45. The molecule has 1 amide bonds. The zero-order valence-electron chi connectivity index (χ0n) is 14.1. The second kappa shape index (κ2) is 7.55. The molecular weight excluding hydrogens is 322 g/mol. The highest BCUT2D eigenvalue weighted by molar-refractivity contribution is 5.95. The summed E-state index contributed by atoms with van der Waals surface area (Å²) in [5.74, 6) is 1.15. The highest BCUT2D eigenvalue weighted by Crippen LogP contribution is 2.32. The summed E-state index contributed by atoms with van der Waals surface area (Å²) in [6.45, 7) is 6.33. The fourth-order valence-corrected chi connectivity index (χ4v) is 2.40. The van der Waals surface area contributed by atoms with E-state index >= 15 is 0 Å². The third kappa shape index (κ3) is 4.10. The Morgan fingerprint density at radius 1 is 1.32 bits per heavy atom. The van der Waals surface area contributed by atoms with Crippen molar-refractivity contribution in [1.29, 1.82) is 0 Å². The molecule has 0 spiro atoms. The largest absolute Gasteiger partial charge is 0.490 e. The molecule has 1 aliphatic rings. The Morgan fingerprint density at radius 3 is 2.64 bits per heavy atom. The van der Waals surface area contributed by atoms with E-state index in [4.69, 9.17) is 18.6 Å². The van der Waals surface area contributed by atoms with E-state index in [1.165, 1.54) is 0 Å². The van der Waals surface area contributed by atoms with Gasteiger partial charge in [-0.25, -0.2) is 0 Å². The number of carbonyl (C=O) groups excluding carboxylic acids is 1. The summed E-state index contributed by atoms with van der Waals surface area (Å²) >= 11 is 0. The van der Waals surface area contributed by atoms with Gasteiger partial charge in [0.15, 0.2) is 5.76 Å². The van der Waals surface area contributed by atoms with Gasteiger partial charge in [0.1, 0.15) is 12.4 Å². The first-order valence-corrected chi connectivity index (χ1v) is 8.02. The van der Waals surface area contributed by atoms with Gasteiger partial charge in [-0.2, -0.15) is 0 Å². The van der Waals surface area contributed by atoms with Crippen LogP contribution in [0.2, 0.25) is 0 Å². The van der Waals surface area contributed by atoms with Crippen molar-refractivity contribution in [2.75, 3.05) is 25.1 Å². The first-order valence-electron chi connectivity index (χ1n) is 8.02. The highest BCUT2D eigenvalue weighted by Gasteiger charge is 2.40. The van der Waals surface area contributed by atoms with Crippen molar-refractivity contribution in [1.82, 2.24) is 0 Å². The van der Waals surface area contributed by atoms with E-state index in [1.54, 1.807) is 48.7 Å². The quantitative estimate of drug-likeness (QED) is 0.813. The van der Waals surface area contributed by atoms with Crippen LogP contribution in [0.1, 0.15) is 19.0 Å². The molecule has 2 aromatic rings. The number of hydrogen-bond acceptors (Lipinski definition) is 5. The van der Waals surface area contributed by atoms with Gasteiger partial charge < -0.3 is 23.9 Å². The Bertz CT molecular complexity index is 700. The molecule has 0 saturated carbocycles. The molecule has 1 aliphatic heterocycles. The Morgan fingerprint density at radius 2 is 2.04 bits per heavy atom. The summed E-state index contributed by atoms with van der Waals surface area (Å²) in [4.78, 5) is 12.6. The van der Waals surface area contributed by atoms with Crippen molar-refractivity contribution >= 4 is 11.6 Å². The molecule has 0 radical (unpaired) electrons. The van der Waals surface area contributed by atoms with E-state index in [0.29, 0.717) is 18.1 Å². The molecular formula is C19H21NO5. The van der Waals surface area contributed by atoms with Crippen LogP contribution in [-0.4, -0.2) is 25.7 Å². The molecule has 1 N–H and O–H groups in total. The number of hydrogen-bond donors (Lipinski definition) is 1. The minimum atomic E-state index is -0.777. The third-order valence-corrected chi connectivity index (χ3v) is 3.91. The SMILES string of the molecule is C=CCOc1ccc(NC(=O)C2(C)COC(c3ccco3)OC2)cc1. The number of carbonyl (C=O) groups is 1. The maximum Gasteiger partial charge on any atom is 0.234 e. The zero-order valence-corrected chi connectivity index (χ0v) is 14.1. The summed E-state index contributed by atoms with van der Waals surface area (Å²) in [6.07, 6.45) is 2.66. The molecule has 1 fully saturated rings. The number of benzene rings is 1. The number of anilines is 1. The predicted molar refractivity (Wildman–Crippen MR) is 92.2 cm³/mol. The van der Waals surface area contributed by atoms with E-state index in [0.717, 1.165) is 5.75 Å². The van der Waals surface area contributed by atoms with Gasteiger partial charge in [0, 0.05) is 5.69 Å². The van der Waals surface area contributed by atoms with Crippen LogP contribution in [0.5, 0.6) is 5.75 Å². The first kappa shape index (κ1) is 17.3.